The summed E-state index contributed by atoms with van der Waals surface area (Å²) in [6.45, 7) is 1.98. The molecule has 128 valence electrons. The molecule has 0 bridgehead atoms. The lowest BCUT2D eigenvalue weighted by molar-refractivity contribution is 0.102. The Labute approximate surface area is 151 Å². The zero-order valence-corrected chi connectivity index (χ0v) is 14.4. The molecule has 0 aliphatic carbocycles. The van der Waals surface area contributed by atoms with Gasteiger partial charge in [-0.3, -0.25) is 9.78 Å². The lowest BCUT2D eigenvalue weighted by atomic mass is 10.1. The number of amides is 1. The lowest BCUT2D eigenvalue weighted by Gasteiger charge is -2.05. The fourth-order valence-electron chi connectivity index (χ4n) is 2.90. The van der Waals surface area contributed by atoms with Crippen LogP contribution in [-0.4, -0.2) is 20.3 Å². The first-order chi connectivity index (χ1) is 12.7. The molecule has 0 saturated heterocycles. The Kier molecular flexibility index (Phi) is 4.19. The number of anilines is 1. The van der Waals surface area contributed by atoms with Gasteiger partial charge in [-0.15, -0.1) is 0 Å². The number of aromatic nitrogens is 3. The number of carbonyl (C=O) groups excluding carboxylic acids is 1. The smallest absolute Gasteiger partial charge is 0.275 e. The van der Waals surface area contributed by atoms with Crippen LogP contribution < -0.4 is 5.32 Å². The van der Waals surface area contributed by atoms with E-state index in [0.717, 1.165) is 23.4 Å². The molecule has 0 spiro atoms. The topological polar surface area (TPSA) is 59.3 Å². The van der Waals surface area contributed by atoms with Gasteiger partial charge in [0.15, 0.2) is 0 Å². The first-order valence-corrected chi connectivity index (χ1v) is 8.43. The van der Waals surface area contributed by atoms with Crippen molar-refractivity contribution in [3.8, 4) is 0 Å². The second-order valence-electron chi connectivity index (χ2n) is 6.20. The SMILES string of the molecule is Cc1cccc2nc(C(=O)Nc3ccc(Cc4ccncc4)cc3)cn12. The molecule has 0 atom stereocenters. The quantitative estimate of drug-likeness (QED) is 0.612. The molecular formula is C21H18N4O. The molecule has 1 amide bonds. The van der Waals surface area contributed by atoms with Crippen LogP contribution in [0.1, 0.15) is 27.3 Å². The second kappa shape index (κ2) is 6.80. The fraction of sp³-hybridized carbons (Fsp3) is 0.0952. The highest BCUT2D eigenvalue weighted by Gasteiger charge is 2.11. The maximum atomic E-state index is 12.5. The van der Waals surface area contributed by atoms with Gasteiger partial charge >= 0.3 is 0 Å². The molecule has 4 aromatic rings. The van der Waals surface area contributed by atoms with Crippen LogP contribution in [0, 0.1) is 6.92 Å². The third-order valence-electron chi connectivity index (χ3n) is 4.30. The standard InChI is InChI=1S/C21H18N4O/c1-15-3-2-4-20-24-19(14-25(15)20)21(26)23-18-7-5-16(6-8-18)13-17-9-11-22-12-10-17/h2-12,14H,13H2,1H3,(H,23,26). The van der Waals surface area contributed by atoms with Gasteiger partial charge in [0, 0.05) is 30.0 Å². The first kappa shape index (κ1) is 16.0. The molecule has 0 fully saturated rings. The number of aryl methyl sites for hydroxylation is 1. The van der Waals surface area contributed by atoms with E-state index in [9.17, 15) is 4.79 Å². The summed E-state index contributed by atoms with van der Waals surface area (Å²) in [7, 11) is 0. The molecule has 0 aliphatic heterocycles. The number of carbonyl (C=O) groups is 1. The summed E-state index contributed by atoms with van der Waals surface area (Å²) in [5.74, 6) is -0.213. The Morgan fingerprint density at radius 2 is 1.73 bits per heavy atom. The van der Waals surface area contributed by atoms with Gasteiger partial charge in [-0.25, -0.2) is 4.98 Å². The van der Waals surface area contributed by atoms with E-state index in [1.807, 2.05) is 65.9 Å². The monoisotopic (exact) mass is 342 g/mol. The third-order valence-corrected chi connectivity index (χ3v) is 4.30. The maximum absolute atomic E-state index is 12.5. The molecule has 5 nitrogen and oxygen atoms in total. The molecule has 0 radical (unpaired) electrons. The normalized spacial score (nSPS) is 10.8. The van der Waals surface area contributed by atoms with Crippen molar-refractivity contribution in [3.63, 3.8) is 0 Å². The van der Waals surface area contributed by atoms with Crippen LogP contribution in [0.15, 0.2) is 73.2 Å². The van der Waals surface area contributed by atoms with Crippen molar-refractivity contribution in [1.82, 2.24) is 14.4 Å². The number of hydrogen-bond acceptors (Lipinski definition) is 3. The lowest BCUT2D eigenvalue weighted by Crippen LogP contribution is -2.12. The summed E-state index contributed by atoms with van der Waals surface area (Å²) in [5, 5.41) is 2.90. The molecule has 26 heavy (non-hydrogen) atoms. The molecule has 5 heteroatoms. The molecule has 0 saturated carbocycles. The molecule has 1 N–H and O–H groups in total. The van der Waals surface area contributed by atoms with Crippen molar-refractivity contribution in [3.05, 3.63) is 95.7 Å². The Balaban J connectivity index is 1.47. The molecule has 3 heterocycles. The van der Waals surface area contributed by atoms with Gasteiger partial charge in [-0.05, 0) is 60.9 Å². The summed E-state index contributed by atoms with van der Waals surface area (Å²) >= 11 is 0. The molecule has 4 rings (SSSR count). The molecular weight excluding hydrogens is 324 g/mol. The van der Waals surface area contributed by atoms with Gasteiger partial charge in [0.2, 0.25) is 0 Å². The zero-order valence-electron chi connectivity index (χ0n) is 14.4. The van der Waals surface area contributed by atoms with E-state index in [1.54, 1.807) is 18.6 Å². The van der Waals surface area contributed by atoms with Crippen LogP contribution in [0.2, 0.25) is 0 Å². The van der Waals surface area contributed by atoms with E-state index in [-0.39, 0.29) is 5.91 Å². The summed E-state index contributed by atoms with van der Waals surface area (Å²) in [6, 6.07) is 17.7. The number of rotatable bonds is 4. The van der Waals surface area contributed by atoms with Crippen LogP contribution in [-0.2, 0) is 6.42 Å². The highest BCUT2D eigenvalue weighted by Crippen LogP contribution is 2.15. The average Bonchev–Trinajstić information content (AvgIpc) is 3.10. The largest absolute Gasteiger partial charge is 0.321 e. The number of imidazole rings is 1. The predicted octanol–water partition coefficient (Wildman–Crippen LogP) is 3.88. The van der Waals surface area contributed by atoms with E-state index in [1.165, 1.54) is 11.1 Å². The highest BCUT2D eigenvalue weighted by atomic mass is 16.1. The van der Waals surface area contributed by atoms with E-state index < -0.39 is 0 Å². The van der Waals surface area contributed by atoms with Gasteiger partial charge in [0.05, 0.1) is 0 Å². The molecule has 0 aliphatic rings. The summed E-state index contributed by atoms with van der Waals surface area (Å²) < 4.78 is 1.91. The number of nitrogens with zero attached hydrogens (tertiary/aromatic N) is 3. The van der Waals surface area contributed by atoms with E-state index in [2.05, 4.69) is 15.3 Å². The second-order valence-corrected chi connectivity index (χ2v) is 6.20. The minimum atomic E-state index is -0.213. The molecule has 0 unspecified atom stereocenters. The molecule has 3 aromatic heterocycles. The average molecular weight is 342 g/mol. The van der Waals surface area contributed by atoms with Gasteiger partial charge in [-0.1, -0.05) is 18.2 Å². The van der Waals surface area contributed by atoms with Crippen molar-refractivity contribution in [2.24, 2.45) is 0 Å². The van der Waals surface area contributed by atoms with Crippen LogP contribution in [0.3, 0.4) is 0 Å². The molecule has 1 aromatic carbocycles. The van der Waals surface area contributed by atoms with E-state index in [4.69, 9.17) is 0 Å². The van der Waals surface area contributed by atoms with Gasteiger partial charge < -0.3 is 9.72 Å². The summed E-state index contributed by atoms with van der Waals surface area (Å²) in [6.07, 6.45) is 6.18. The minimum Gasteiger partial charge on any atom is -0.321 e. The fourth-order valence-corrected chi connectivity index (χ4v) is 2.90. The predicted molar refractivity (Wildman–Crippen MR) is 101 cm³/mol. The van der Waals surface area contributed by atoms with Gasteiger partial charge in [0.1, 0.15) is 11.3 Å². The number of fused-ring (bicyclic) bond motifs is 1. The van der Waals surface area contributed by atoms with Gasteiger partial charge in [0.25, 0.3) is 5.91 Å². The van der Waals surface area contributed by atoms with Crippen LogP contribution >= 0.6 is 0 Å². The van der Waals surface area contributed by atoms with Crippen LogP contribution in [0.25, 0.3) is 5.65 Å². The van der Waals surface area contributed by atoms with Crippen molar-refractivity contribution in [2.75, 3.05) is 5.32 Å². The van der Waals surface area contributed by atoms with Crippen molar-refractivity contribution in [1.29, 1.82) is 0 Å². The van der Waals surface area contributed by atoms with Crippen LogP contribution in [0.5, 0.6) is 0 Å². The number of benzene rings is 1. The Morgan fingerprint density at radius 1 is 1.00 bits per heavy atom. The van der Waals surface area contributed by atoms with Crippen molar-refractivity contribution < 1.29 is 4.79 Å². The zero-order chi connectivity index (χ0) is 17.9. The number of hydrogen-bond donors (Lipinski definition) is 1. The maximum Gasteiger partial charge on any atom is 0.275 e. The highest BCUT2D eigenvalue weighted by molar-refractivity contribution is 6.03. The Morgan fingerprint density at radius 3 is 2.46 bits per heavy atom. The van der Waals surface area contributed by atoms with E-state index in [0.29, 0.717) is 5.69 Å². The minimum absolute atomic E-state index is 0.213. The van der Waals surface area contributed by atoms with Crippen molar-refractivity contribution in [2.45, 2.75) is 13.3 Å². The third kappa shape index (κ3) is 3.32. The van der Waals surface area contributed by atoms with Gasteiger partial charge in [-0.2, -0.15) is 0 Å². The van der Waals surface area contributed by atoms with Crippen LogP contribution in [0.4, 0.5) is 5.69 Å². The Bertz CT molecular complexity index is 1050. The first-order valence-electron chi connectivity index (χ1n) is 8.43. The van der Waals surface area contributed by atoms with E-state index >= 15 is 0 Å². The summed E-state index contributed by atoms with van der Waals surface area (Å²) in [5.41, 5.74) is 5.34. The summed E-state index contributed by atoms with van der Waals surface area (Å²) in [4.78, 5) is 20.9. The Hall–Kier alpha value is -3.47. The van der Waals surface area contributed by atoms with Crippen molar-refractivity contribution >= 4 is 17.2 Å². The number of pyridine rings is 2. The number of nitrogens with one attached hydrogen (secondary N) is 1.